The van der Waals surface area contributed by atoms with E-state index in [1.807, 2.05) is 6.19 Å². The molecule has 0 radical (unpaired) electrons. The Morgan fingerprint density at radius 2 is 1.65 bits per heavy atom. The molecule has 2 saturated carbocycles. The molecule has 5 rings (SSSR count). The summed E-state index contributed by atoms with van der Waals surface area (Å²) < 4.78 is 109. The third-order valence-corrected chi connectivity index (χ3v) is 9.57. The van der Waals surface area contributed by atoms with E-state index in [0.717, 1.165) is 23.4 Å². The molecule has 3 aliphatic rings. The smallest absolute Gasteiger partial charge is 0.310 e. The molecule has 2 unspecified atom stereocenters. The highest BCUT2D eigenvalue weighted by molar-refractivity contribution is 8.45. The minimum absolute atomic E-state index is 0.0861. The van der Waals surface area contributed by atoms with Gasteiger partial charge in [-0.05, 0) is 62.4 Å². The van der Waals surface area contributed by atoms with Crippen molar-refractivity contribution in [2.75, 3.05) is 11.4 Å². The largest absolute Gasteiger partial charge is 0.351 e. The first-order valence-corrected chi connectivity index (χ1v) is 15.4. The monoisotopic (exact) mass is 637 g/mol. The average Bonchev–Trinajstić information content (AvgIpc) is 3.59. The number of nitrogens with zero attached hydrogens (tertiary/aromatic N) is 4. The van der Waals surface area contributed by atoms with Crippen molar-refractivity contribution in [2.24, 2.45) is 5.41 Å². The van der Waals surface area contributed by atoms with Gasteiger partial charge in [0.2, 0.25) is 11.8 Å². The molecule has 1 N–H and O–H groups in total. The highest BCUT2D eigenvalue weighted by atomic mass is 32.5. The number of alkyl halides is 2. The maximum absolute atomic E-state index is 14.4. The molecule has 1 spiro atoms. The van der Waals surface area contributed by atoms with Crippen molar-refractivity contribution in [3.8, 4) is 6.19 Å². The molecule has 2 aliphatic carbocycles. The fourth-order valence-corrected chi connectivity index (χ4v) is 6.64. The van der Waals surface area contributed by atoms with E-state index in [1.54, 1.807) is 0 Å². The predicted octanol–water partition coefficient (Wildman–Crippen LogP) is 6.98. The van der Waals surface area contributed by atoms with Crippen molar-refractivity contribution in [1.82, 2.24) is 15.2 Å². The predicted molar refractivity (Wildman–Crippen MR) is 140 cm³/mol. The summed E-state index contributed by atoms with van der Waals surface area (Å²) in [7, 11) is -10.1. The van der Waals surface area contributed by atoms with Crippen LogP contribution in [0.3, 0.4) is 0 Å². The van der Waals surface area contributed by atoms with Gasteiger partial charge in [-0.1, -0.05) is 19.4 Å². The minimum Gasteiger partial charge on any atom is -0.351 e. The highest BCUT2D eigenvalue weighted by Crippen LogP contribution is 3.02. The molecule has 7 nitrogen and oxygen atoms in total. The van der Waals surface area contributed by atoms with Crippen LogP contribution in [0, 0.1) is 22.7 Å². The summed E-state index contributed by atoms with van der Waals surface area (Å²) in [4.78, 5) is 31.6. The first-order chi connectivity index (χ1) is 19.8. The number of amides is 2. The third kappa shape index (κ3) is 6.36. The molecule has 3 fully saturated rings. The fourth-order valence-electron chi connectivity index (χ4n) is 5.99. The maximum Gasteiger partial charge on any atom is 0.310 e. The molecule has 2 aromatic rings. The Balaban J connectivity index is 1.61. The average molecular weight is 638 g/mol. The molecule has 234 valence electrons. The number of rotatable bonds is 7. The van der Waals surface area contributed by atoms with Gasteiger partial charge in [0.1, 0.15) is 22.8 Å². The van der Waals surface area contributed by atoms with Gasteiger partial charge in [-0.3, -0.25) is 24.4 Å². The van der Waals surface area contributed by atoms with Crippen LogP contribution in [0.1, 0.15) is 56.6 Å². The molecule has 0 bridgehead atoms. The number of anilines is 1. The van der Waals surface area contributed by atoms with Crippen molar-refractivity contribution in [3.63, 3.8) is 0 Å². The number of hydrogen-bond acceptors (Lipinski definition) is 5. The topological polar surface area (TPSA) is 89.3 Å². The van der Waals surface area contributed by atoms with Crippen LogP contribution in [0.25, 0.3) is 0 Å². The Morgan fingerprint density at radius 1 is 1.02 bits per heavy atom. The molecule has 1 saturated heterocycles. The number of hydrogen-bond donors (Lipinski definition) is 1. The van der Waals surface area contributed by atoms with Crippen molar-refractivity contribution >= 4 is 27.7 Å². The highest BCUT2D eigenvalue weighted by Gasteiger charge is 2.65. The van der Waals surface area contributed by atoms with E-state index in [-0.39, 0.29) is 37.1 Å². The van der Waals surface area contributed by atoms with Gasteiger partial charge in [-0.15, -0.1) is 0 Å². The molecule has 1 aromatic carbocycles. The number of pyridine rings is 1. The van der Waals surface area contributed by atoms with Crippen molar-refractivity contribution in [2.45, 2.75) is 73.9 Å². The Kier molecular flexibility index (Phi) is 6.95. The summed E-state index contributed by atoms with van der Waals surface area (Å²) in [5, 5.41) is 12.3. The molecule has 2 amide bonds. The van der Waals surface area contributed by atoms with Gasteiger partial charge in [0.15, 0.2) is 6.19 Å². The van der Waals surface area contributed by atoms with E-state index in [0.29, 0.717) is 31.4 Å². The first kappa shape index (κ1) is 30.8. The van der Waals surface area contributed by atoms with Gasteiger partial charge < -0.3 is 5.32 Å². The Labute approximate surface area is 241 Å². The SMILES string of the molecule is N#CN1CCC2(CC2)C1C(=O)N(c1ccc(S(F)(F)(F)(F)F)cc1)C(C(=O)NC1CCC(F)(F)CC1)c1cncc(F)c1. The van der Waals surface area contributed by atoms with Gasteiger partial charge in [-0.25, -0.2) is 13.2 Å². The van der Waals surface area contributed by atoms with E-state index >= 15 is 0 Å². The maximum atomic E-state index is 14.4. The first-order valence-electron chi connectivity index (χ1n) is 13.4. The molecule has 1 aliphatic heterocycles. The second-order valence-electron chi connectivity index (χ2n) is 11.5. The third-order valence-electron chi connectivity index (χ3n) is 8.41. The van der Waals surface area contributed by atoms with E-state index in [1.165, 1.54) is 4.90 Å². The molecule has 2 atom stereocenters. The molecular weight excluding hydrogens is 610 g/mol. The lowest BCUT2D eigenvalue weighted by Crippen LogP contribution is -2.53. The van der Waals surface area contributed by atoms with Crippen molar-refractivity contribution in [1.29, 1.82) is 5.26 Å². The number of benzene rings is 1. The number of aromatic nitrogens is 1. The van der Waals surface area contributed by atoms with Crippen LogP contribution in [0.5, 0.6) is 0 Å². The summed E-state index contributed by atoms with van der Waals surface area (Å²) >= 11 is 0. The molecule has 16 heteroatoms. The fraction of sp³-hybridized carbons (Fsp3) is 0.481. The van der Waals surface area contributed by atoms with Crippen LogP contribution in [0.4, 0.5) is 38.3 Å². The Hall–Kier alpha value is -3.61. The summed E-state index contributed by atoms with van der Waals surface area (Å²) in [5.41, 5.74) is -1.27. The standard InChI is InChI=1S/C27H27F8N5O2S/c28-18-13-17(14-37-15-18)22(24(41)38-19-5-7-27(29,30)8-6-19)40(20-1-3-21(4-2-20)43(31,32,33,34)35)25(42)23-26(9-10-26)11-12-39(23)16-36/h1-4,13-15,19,22-23H,5-12H2,(H,38,41). The van der Waals surface area contributed by atoms with Gasteiger partial charge in [0.25, 0.3) is 5.91 Å². The van der Waals surface area contributed by atoms with Crippen molar-refractivity contribution in [3.05, 3.63) is 54.1 Å². The quantitative estimate of drug-likeness (QED) is 0.261. The number of carbonyl (C=O) groups excluding carboxylic acids is 2. The number of likely N-dealkylation sites (tertiary alicyclic amines) is 1. The Bertz CT molecular complexity index is 1470. The number of nitriles is 1. The molecular formula is C27H27F8N5O2S. The summed E-state index contributed by atoms with van der Waals surface area (Å²) in [6, 6.07) is -1.46. The summed E-state index contributed by atoms with van der Waals surface area (Å²) in [5.74, 6) is -5.72. The van der Waals surface area contributed by atoms with Crippen LogP contribution >= 0.6 is 10.2 Å². The summed E-state index contributed by atoms with van der Waals surface area (Å²) in [6.45, 7) is 0.193. The van der Waals surface area contributed by atoms with Gasteiger partial charge >= 0.3 is 10.2 Å². The van der Waals surface area contributed by atoms with Crippen LogP contribution in [0.15, 0.2) is 47.6 Å². The van der Waals surface area contributed by atoms with Crippen molar-refractivity contribution < 1.29 is 42.2 Å². The molecule has 2 heterocycles. The second-order valence-corrected chi connectivity index (χ2v) is 13.9. The minimum atomic E-state index is -10.1. The van der Waals surface area contributed by atoms with Gasteiger partial charge in [-0.2, -0.15) is 5.26 Å². The van der Waals surface area contributed by atoms with Crippen LogP contribution in [-0.4, -0.2) is 46.2 Å². The zero-order chi connectivity index (χ0) is 31.5. The number of halogens is 8. The number of carbonyl (C=O) groups is 2. The van der Waals surface area contributed by atoms with Crippen LogP contribution in [-0.2, 0) is 9.59 Å². The van der Waals surface area contributed by atoms with Crippen LogP contribution < -0.4 is 10.2 Å². The lowest BCUT2D eigenvalue weighted by molar-refractivity contribution is -0.130. The zero-order valence-corrected chi connectivity index (χ0v) is 23.3. The Morgan fingerprint density at radius 3 is 2.19 bits per heavy atom. The normalized spacial score (nSPS) is 23.5. The van der Waals surface area contributed by atoms with E-state index in [4.69, 9.17) is 0 Å². The molecule has 1 aromatic heterocycles. The van der Waals surface area contributed by atoms with Gasteiger partial charge in [0, 0.05) is 48.3 Å². The lowest BCUT2D eigenvalue weighted by atomic mass is 9.91. The number of nitrogens with one attached hydrogen (secondary N) is 1. The zero-order valence-electron chi connectivity index (χ0n) is 22.5. The second kappa shape index (κ2) is 9.70. The van der Waals surface area contributed by atoms with Gasteiger partial charge in [0.05, 0.1) is 6.20 Å². The van der Waals surface area contributed by atoms with Crippen LogP contribution in [0.2, 0.25) is 0 Å². The van der Waals surface area contributed by atoms with E-state index < -0.39 is 80.7 Å². The van der Waals surface area contributed by atoms with E-state index in [9.17, 15) is 47.5 Å². The summed E-state index contributed by atoms with van der Waals surface area (Å²) in [6.07, 6.45) is 4.05. The lowest BCUT2D eigenvalue weighted by Gasteiger charge is -2.41. The van der Waals surface area contributed by atoms with E-state index in [2.05, 4.69) is 10.3 Å². The molecule has 43 heavy (non-hydrogen) atoms.